The quantitative estimate of drug-likeness (QED) is 0.281. The number of aliphatic hydroxyl groups is 1. The van der Waals surface area contributed by atoms with Crippen molar-refractivity contribution in [3.63, 3.8) is 0 Å². The Morgan fingerprint density at radius 2 is 1.67 bits per heavy atom. The van der Waals surface area contributed by atoms with Gasteiger partial charge in [-0.15, -0.1) is 0 Å². The Balaban J connectivity index is 1.70. The lowest BCUT2D eigenvalue weighted by Crippen LogP contribution is -2.35. The summed E-state index contributed by atoms with van der Waals surface area (Å²) in [6.07, 6.45) is 0. The highest BCUT2D eigenvalue weighted by molar-refractivity contribution is 6.46. The summed E-state index contributed by atoms with van der Waals surface area (Å²) in [6.45, 7) is 5.24. The molecule has 36 heavy (non-hydrogen) atoms. The van der Waals surface area contributed by atoms with Crippen molar-refractivity contribution in [3.05, 3.63) is 106 Å². The summed E-state index contributed by atoms with van der Waals surface area (Å²) < 4.78 is 5.91. The Bertz CT molecular complexity index is 1280. The number of benzene rings is 3. The predicted molar refractivity (Wildman–Crippen MR) is 141 cm³/mol. The Hall–Kier alpha value is -3.90. The van der Waals surface area contributed by atoms with Gasteiger partial charge in [-0.3, -0.25) is 9.59 Å². The number of aliphatic hydroxyl groups excluding tert-OH is 1. The van der Waals surface area contributed by atoms with Crippen LogP contribution < -0.4 is 4.74 Å². The molecule has 186 valence electrons. The molecule has 0 aliphatic carbocycles. The number of ether oxygens (including phenoxy) is 1. The first-order chi connectivity index (χ1) is 17.3. The van der Waals surface area contributed by atoms with E-state index in [1.165, 1.54) is 0 Å². The van der Waals surface area contributed by atoms with Gasteiger partial charge in [0.05, 0.1) is 11.6 Å². The number of nitrogens with zero attached hydrogens (tertiary/aromatic N) is 2. The standard InChI is InChI=1S/C30H32N2O4/c1-20-10-12-23(13-11-20)27-26(29(34)30(35)32(27)17-16-31(3)4)28(33)25-15-14-24(18-21(25)2)36-19-22-8-6-5-7-9-22/h5-15,18,27,33H,16-17,19H2,1-4H3/t27-/m1/s1. The maximum Gasteiger partial charge on any atom is 0.295 e. The van der Waals surface area contributed by atoms with Crippen molar-refractivity contribution in [2.24, 2.45) is 0 Å². The number of carbonyl (C=O) groups excluding carboxylic acids is 2. The number of hydrogen-bond acceptors (Lipinski definition) is 5. The van der Waals surface area contributed by atoms with Gasteiger partial charge >= 0.3 is 0 Å². The molecule has 4 rings (SSSR count). The minimum absolute atomic E-state index is 0.115. The summed E-state index contributed by atoms with van der Waals surface area (Å²) in [5.41, 5.74) is 4.29. The molecular formula is C30H32N2O4. The fourth-order valence-electron chi connectivity index (χ4n) is 4.39. The van der Waals surface area contributed by atoms with Crippen LogP contribution in [0.1, 0.15) is 33.9 Å². The van der Waals surface area contributed by atoms with E-state index < -0.39 is 17.7 Å². The maximum absolute atomic E-state index is 13.2. The molecule has 0 saturated carbocycles. The molecule has 1 amide bonds. The van der Waals surface area contributed by atoms with Gasteiger partial charge in [-0.25, -0.2) is 0 Å². The molecular weight excluding hydrogens is 452 g/mol. The number of rotatable bonds is 8. The third kappa shape index (κ3) is 5.34. The van der Waals surface area contributed by atoms with Crippen molar-refractivity contribution < 1.29 is 19.4 Å². The van der Waals surface area contributed by atoms with Crippen molar-refractivity contribution in [2.75, 3.05) is 27.2 Å². The SMILES string of the molecule is Cc1ccc([C@@H]2C(=C(O)c3ccc(OCc4ccccc4)cc3C)C(=O)C(=O)N2CCN(C)C)cc1. The molecule has 3 aromatic carbocycles. The van der Waals surface area contributed by atoms with Crippen molar-refractivity contribution in [1.29, 1.82) is 0 Å². The molecule has 6 nitrogen and oxygen atoms in total. The molecule has 1 atom stereocenters. The minimum atomic E-state index is -0.666. The second-order valence-corrected chi connectivity index (χ2v) is 9.46. The van der Waals surface area contributed by atoms with E-state index in [-0.39, 0.29) is 11.3 Å². The lowest BCUT2D eigenvalue weighted by Gasteiger charge is -2.26. The average Bonchev–Trinajstić information content (AvgIpc) is 3.12. The average molecular weight is 485 g/mol. The summed E-state index contributed by atoms with van der Waals surface area (Å²) in [6, 6.07) is 22.3. The fourth-order valence-corrected chi connectivity index (χ4v) is 4.39. The zero-order valence-corrected chi connectivity index (χ0v) is 21.2. The van der Waals surface area contributed by atoms with E-state index in [2.05, 4.69) is 0 Å². The monoisotopic (exact) mass is 484 g/mol. The van der Waals surface area contributed by atoms with Gasteiger partial charge in [-0.1, -0.05) is 60.2 Å². The van der Waals surface area contributed by atoms with Crippen LogP contribution >= 0.6 is 0 Å². The van der Waals surface area contributed by atoms with E-state index in [4.69, 9.17) is 4.74 Å². The van der Waals surface area contributed by atoms with E-state index in [1.807, 2.05) is 93.5 Å². The molecule has 0 spiro atoms. The van der Waals surface area contributed by atoms with Gasteiger partial charge in [0.15, 0.2) is 0 Å². The van der Waals surface area contributed by atoms with Crippen LogP contribution in [0.25, 0.3) is 5.76 Å². The second-order valence-electron chi connectivity index (χ2n) is 9.46. The van der Waals surface area contributed by atoms with Crippen LogP contribution in [0.5, 0.6) is 5.75 Å². The molecule has 0 radical (unpaired) electrons. The highest BCUT2D eigenvalue weighted by Gasteiger charge is 2.46. The highest BCUT2D eigenvalue weighted by atomic mass is 16.5. The Morgan fingerprint density at radius 3 is 2.31 bits per heavy atom. The number of ketones is 1. The minimum Gasteiger partial charge on any atom is -0.507 e. The largest absolute Gasteiger partial charge is 0.507 e. The highest BCUT2D eigenvalue weighted by Crippen LogP contribution is 2.40. The van der Waals surface area contributed by atoms with Gasteiger partial charge in [0.25, 0.3) is 11.7 Å². The summed E-state index contributed by atoms with van der Waals surface area (Å²) in [5.74, 6) is -0.766. The van der Waals surface area contributed by atoms with Crippen LogP contribution in [0.4, 0.5) is 0 Å². The topological polar surface area (TPSA) is 70.1 Å². The van der Waals surface area contributed by atoms with Crippen LogP contribution in [-0.2, 0) is 16.2 Å². The van der Waals surface area contributed by atoms with Crippen molar-refractivity contribution >= 4 is 17.4 Å². The van der Waals surface area contributed by atoms with Gasteiger partial charge in [0.1, 0.15) is 18.1 Å². The van der Waals surface area contributed by atoms with Crippen molar-refractivity contribution in [2.45, 2.75) is 26.5 Å². The number of carbonyl (C=O) groups is 2. The number of Topliss-reactive ketones (excluding diaryl/α,β-unsaturated/α-hetero) is 1. The summed E-state index contributed by atoms with van der Waals surface area (Å²) >= 11 is 0. The summed E-state index contributed by atoms with van der Waals surface area (Å²) in [7, 11) is 3.84. The molecule has 0 aromatic heterocycles. The van der Waals surface area contributed by atoms with E-state index in [0.717, 1.165) is 22.3 Å². The van der Waals surface area contributed by atoms with Gasteiger partial charge in [-0.2, -0.15) is 0 Å². The zero-order chi connectivity index (χ0) is 25.8. The van der Waals surface area contributed by atoms with E-state index in [0.29, 0.717) is 31.0 Å². The molecule has 1 saturated heterocycles. The van der Waals surface area contributed by atoms with Crippen LogP contribution in [-0.4, -0.2) is 53.8 Å². The third-order valence-electron chi connectivity index (χ3n) is 6.42. The molecule has 0 unspecified atom stereocenters. The number of amides is 1. The Labute approximate surface area is 212 Å². The van der Waals surface area contributed by atoms with Gasteiger partial charge < -0.3 is 19.6 Å². The smallest absolute Gasteiger partial charge is 0.295 e. The van der Waals surface area contributed by atoms with Crippen molar-refractivity contribution in [3.8, 4) is 5.75 Å². The van der Waals surface area contributed by atoms with Crippen LogP contribution in [0.15, 0.2) is 78.4 Å². The van der Waals surface area contributed by atoms with E-state index in [9.17, 15) is 14.7 Å². The molecule has 1 aliphatic heterocycles. The first-order valence-electron chi connectivity index (χ1n) is 12.0. The molecule has 1 aliphatic rings. The summed E-state index contributed by atoms with van der Waals surface area (Å²) in [4.78, 5) is 29.8. The maximum atomic E-state index is 13.2. The second kappa shape index (κ2) is 10.8. The van der Waals surface area contributed by atoms with Crippen LogP contribution in [0.2, 0.25) is 0 Å². The normalized spacial score (nSPS) is 17.1. The molecule has 0 bridgehead atoms. The summed E-state index contributed by atoms with van der Waals surface area (Å²) in [5, 5.41) is 11.4. The molecule has 1 fully saturated rings. The van der Waals surface area contributed by atoms with Gasteiger partial charge in [0.2, 0.25) is 0 Å². The number of hydrogen-bond donors (Lipinski definition) is 1. The van der Waals surface area contributed by atoms with E-state index >= 15 is 0 Å². The van der Waals surface area contributed by atoms with Crippen LogP contribution in [0, 0.1) is 13.8 Å². The third-order valence-corrected chi connectivity index (χ3v) is 6.42. The number of likely N-dealkylation sites (tertiary alicyclic amines) is 1. The lowest BCUT2D eigenvalue weighted by molar-refractivity contribution is -0.140. The fraction of sp³-hybridized carbons (Fsp3) is 0.267. The van der Waals surface area contributed by atoms with Gasteiger partial charge in [-0.05, 0) is 62.8 Å². The first kappa shape index (κ1) is 25.2. The molecule has 1 heterocycles. The Kier molecular flexibility index (Phi) is 7.55. The lowest BCUT2D eigenvalue weighted by atomic mass is 9.93. The molecule has 6 heteroatoms. The number of aryl methyl sites for hydroxylation is 2. The predicted octanol–water partition coefficient (Wildman–Crippen LogP) is 4.87. The van der Waals surface area contributed by atoms with Crippen LogP contribution in [0.3, 0.4) is 0 Å². The first-order valence-corrected chi connectivity index (χ1v) is 12.0. The zero-order valence-electron chi connectivity index (χ0n) is 21.2. The van der Waals surface area contributed by atoms with E-state index in [1.54, 1.807) is 17.0 Å². The molecule has 1 N–H and O–H groups in total. The van der Waals surface area contributed by atoms with Gasteiger partial charge in [0, 0.05) is 18.7 Å². The Morgan fingerprint density at radius 1 is 0.972 bits per heavy atom. The van der Waals surface area contributed by atoms with Crippen molar-refractivity contribution in [1.82, 2.24) is 9.80 Å². The number of likely N-dealkylation sites (N-methyl/N-ethyl adjacent to an activating group) is 1. The molecule has 3 aromatic rings.